The maximum absolute atomic E-state index is 13.3. The van der Waals surface area contributed by atoms with Crippen molar-refractivity contribution in [3.63, 3.8) is 0 Å². The molecule has 1 aromatic heterocycles. The number of hydrogen-bond donors (Lipinski definition) is 1. The van der Waals surface area contributed by atoms with Crippen LogP contribution >= 0.6 is 0 Å². The summed E-state index contributed by atoms with van der Waals surface area (Å²) in [5, 5.41) is 10.3. The van der Waals surface area contributed by atoms with Crippen molar-refractivity contribution in [2.45, 2.75) is 71.4 Å². The van der Waals surface area contributed by atoms with Gasteiger partial charge in [0.25, 0.3) is 12.3 Å². The third-order valence-electron chi connectivity index (χ3n) is 5.32. The molecule has 2 rings (SSSR count). The minimum absolute atomic E-state index is 0.0522. The summed E-state index contributed by atoms with van der Waals surface area (Å²) in [7, 11) is 0. The second-order valence-corrected chi connectivity index (χ2v) is 8.36. The summed E-state index contributed by atoms with van der Waals surface area (Å²) in [5.74, 6) is 0.714. The van der Waals surface area contributed by atoms with E-state index >= 15 is 0 Å². The van der Waals surface area contributed by atoms with E-state index in [2.05, 4.69) is 11.6 Å². The van der Waals surface area contributed by atoms with Crippen molar-refractivity contribution in [2.75, 3.05) is 13.2 Å². The molecule has 6 nitrogen and oxygen atoms in total. The maximum atomic E-state index is 13.3. The Kier molecular flexibility index (Phi) is 8.17. The number of amides is 1. The molecule has 172 valence electrons. The minimum atomic E-state index is -2.63. The van der Waals surface area contributed by atoms with Crippen LogP contribution in [-0.2, 0) is 15.1 Å². The predicted molar refractivity (Wildman–Crippen MR) is 114 cm³/mol. The number of likely N-dealkylation sites (tertiary alicyclic amines) is 1. The molecule has 0 bridgehead atoms. The molecule has 1 saturated heterocycles. The molecule has 8 heteroatoms. The number of carbonyl (C=O) groups is 1. The third kappa shape index (κ3) is 6.26. The number of aliphatic hydroxyl groups is 1. The van der Waals surface area contributed by atoms with Crippen LogP contribution < -0.4 is 0 Å². The largest absolute Gasteiger partial charge is 0.491 e. The van der Waals surface area contributed by atoms with Gasteiger partial charge in [0.15, 0.2) is 5.89 Å². The molecule has 1 aliphatic rings. The van der Waals surface area contributed by atoms with Gasteiger partial charge in [-0.2, -0.15) is 0 Å². The molecule has 0 saturated carbocycles. The van der Waals surface area contributed by atoms with E-state index in [-0.39, 0.29) is 29.2 Å². The molecule has 1 unspecified atom stereocenters. The summed E-state index contributed by atoms with van der Waals surface area (Å²) >= 11 is 0. The van der Waals surface area contributed by atoms with E-state index in [0.717, 1.165) is 12.8 Å². The lowest BCUT2D eigenvalue weighted by molar-refractivity contribution is -0.130. The predicted octanol–water partition coefficient (Wildman–Crippen LogP) is 4.60. The zero-order valence-corrected chi connectivity index (χ0v) is 18.8. The van der Waals surface area contributed by atoms with Gasteiger partial charge >= 0.3 is 0 Å². The molecule has 1 aromatic rings. The number of rotatable bonds is 8. The van der Waals surface area contributed by atoms with Crippen LogP contribution in [0.25, 0.3) is 0 Å². The van der Waals surface area contributed by atoms with E-state index in [1.54, 1.807) is 31.7 Å². The van der Waals surface area contributed by atoms with Crippen molar-refractivity contribution in [3.8, 4) is 0 Å². The van der Waals surface area contributed by atoms with Crippen LogP contribution in [0.3, 0.4) is 0 Å². The van der Waals surface area contributed by atoms with Crippen molar-refractivity contribution in [1.29, 1.82) is 0 Å². The zero-order chi connectivity index (χ0) is 23.3. The maximum Gasteiger partial charge on any atom is 0.272 e. The SMILES string of the molecule is C=C/C=C\C(C(=O)N1CC(c2nc(C(C)(C)O)c(C)o2)CC[C@H]1C)=C(/C)OCC(F)F. The first-order chi connectivity index (χ1) is 14.5. The Balaban J connectivity index is 2.30. The van der Waals surface area contributed by atoms with Crippen LogP contribution in [0.1, 0.15) is 63.8 Å². The van der Waals surface area contributed by atoms with Crippen LogP contribution in [-0.4, -0.2) is 46.5 Å². The number of piperidine rings is 1. The summed E-state index contributed by atoms with van der Waals surface area (Å²) < 4.78 is 36.1. The van der Waals surface area contributed by atoms with Crippen molar-refractivity contribution in [1.82, 2.24) is 9.88 Å². The second kappa shape index (κ2) is 10.2. The number of alkyl halides is 2. The van der Waals surface area contributed by atoms with E-state index in [1.807, 2.05) is 6.92 Å². The second-order valence-electron chi connectivity index (χ2n) is 8.36. The molecule has 31 heavy (non-hydrogen) atoms. The van der Waals surface area contributed by atoms with Crippen molar-refractivity contribution in [3.05, 3.63) is 53.5 Å². The number of ether oxygens (including phenoxy) is 1. The van der Waals surface area contributed by atoms with Gasteiger partial charge in [-0.25, -0.2) is 13.8 Å². The first kappa shape index (κ1) is 24.8. The van der Waals surface area contributed by atoms with Crippen molar-refractivity contribution in [2.24, 2.45) is 0 Å². The van der Waals surface area contributed by atoms with E-state index in [9.17, 15) is 18.7 Å². The smallest absolute Gasteiger partial charge is 0.272 e. The number of nitrogens with zero attached hydrogens (tertiary/aromatic N) is 2. The quantitative estimate of drug-likeness (QED) is 0.365. The third-order valence-corrected chi connectivity index (χ3v) is 5.32. The fourth-order valence-corrected chi connectivity index (χ4v) is 3.67. The normalized spacial score (nSPS) is 20.9. The summed E-state index contributed by atoms with van der Waals surface area (Å²) in [4.78, 5) is 19.5. The monoisotopic (exact) mass is 438 g/mol. The van der Waals surface area contributed by atoms with Gasteiger partial charge in [0, 0.05) is 12.6 Å². The Morgan fingerprint density at radius 2 is 2.13 bits per heavy atom. The number of hydrogen-bond acceptors (Lipinski definition) is 5. The van der Waals surface area contributed by atoms with E-state index < -0.39 is 18.6 Å². The van der Waals surface area contributed by atoms with Crippen LogP contribution in [0.2, 0.25) is 0 Å². The van der Waals surface area contributed by atoms with E-state index in [4.69, 9.17) is 9.15 Å². The number of allylic oxidation sites excluding steroid dienone is 3. The molecule has 0 spiro atoms. The molecule has 1 N–H and O–H groups in total. The summed E-state index contributed by atoms with van der Waals surface area (Å²) in [6.45, 7) is 11.7. The molecule has 1 fully saturated rings. The van der Waals surface area contributed by atoms with Gasteiger partial charge in [-0.1, -0.05) is 18.7 Å². The lowest BCUT2D eigenvalue weighted by atomic mass is 9.92. The Hall–Kier alpha value is -2.48. The minimum Gasteiger partial charge on any atom is -0.491 e. The Bertz CT molecular complexity index is 852. The highest BCUT2D eigenvalue weighted by atomic mass is 19.3. The Morgan fingerprint density at radius 3 is 2.68 bits per heavy atom. The number of carbonyl (C=O) groups excluding carboxylic acids is 1. The van der Waals surface area contributed by atoms with Gasteiger partial charge in [0.05, 0.1) is 11.5 Å². The topological polar surface area (TPSA) is 75.8 Å². The van der Waals surface area contributed by atoms with Crippen molar-refractivity contribution >= 4 is 5.91 Å². The first-order valence-electron chi connectivity index (χ1n) is 10.4. The molecule has 2 heterocycles. The number of aryl methyl sites for hydroxylation is 1. The summed E-state index contributed by atoms with van der Waals surface area (Å²) in [6.07, 6.45) is 3.47. The molecule has 0 aliphatic carbocycles. The molecule has 1 amide bonds. The molecular weight excluding hydrogens is 406 g/mol. The van der Waals surface area contributed by atoms with Gasteiger partial charge in [-0.15, -0.1) is 0 Å². The van der Waals surface area contributed by atoms with Gasteiger partial charge in [-0.05, 0) is 53.5 Å². The highest BCUT2D eigenvalue weighted by molar-refractivity contribution is 5.97. The fraction of sp³-hybridized carbons (Fsp3) is 0.565. The van der Waals surface area contributed by atoms with Crippen LogP contribution in [0, 0.1) is 6.92 Å². The average Bonchev–Trinajstić information content (AvgIpc) is 3.09. The Morgan fingerprint density at radius 1 is 1.45 bits per heavy atom. The molecule has 0 radical (unpaired) electrons. The molecule has 0 aromatic carbocycles. The highest BCUT2D eigenvalue weighted by Gasteiger charge is 2.35. The lowest BCUT2D eigenvalue weighted by Crippen LogP contribution is -2.45. The standard InChI is InChI=1S/C23H32F2N2O4/c1-7-8-9-18(15(3)30-13-19(24)25)22(28)27-12-17(11-10-14(27)2)21-26-20(16(4)31-21)23(5,6)29/h7-9,14,17,19,29H,1,10-13H2,2-6H3/b9-8-,18-15-/t14-,17?/m1/s1. The van der Waals surface area contributed by atoms with Gasteiger partial charge in [0.2, 0.25) is 0 Å². The molecule has 1 aliphatic heterocycles. The summed E-state index contributed by atoms with van der Waals surface area (Å²) in [5.41, 5.74) is -0.452. The van der Waals surface area contributed by atoms with E-state index in [0.29, 0.717) is 23.9 Å². The highest BCUT2D eigenvalue weighted by Crippen LogP contribution is 2.34. The van der Waals surface area contributed by atoms with Gasteiger partial charge < -0.3 is 19.2 Å². The van der Waals surface area contributed by atoms with E-state index in [1.165, 1.54) is 19.1 Å². The number of halogens is 2. The van der Waals surface area contributed by atoms with Gasteiger partial charge in [0.1, 0.15) is 29.4 Å². The lowest BCUT2D eigenvalue weighted by Gasteiger charge is -2.37. The fourth-order valence-electron chi connectivity index (χ4n) is 3.67. The zero-order valence-electron chi connectivity index (χ0n) is 18.8. The summed E-state index contributed by atoms with van der Waals surface area (Å²) in [6, 6.07) is -0.0522. The molecular formula is C23H32F2N2O4. The van der Waals surface area contributed by atoms with Crippen LogP contribution in [0.4, 0.5) is 8.78 Å². The average molecular weight is 439 g/mol. The Labute approximate surface area is 182 Å². The molecule has 2 atom stereocenters. The van der Waals surface area contributed by atoms with Gasteiger partial charge in [-0.3, -0.25) is 4.79 Å². The van der Waals surface area contributed by atoms with Crippen LogP contribution in [0.15, 0.2) is 40.6 Å². The van der Waals surface area contributed by atoms with Crippen LogP contribution in [0.5, 0.6) is 0 Å². The van der Waals surface area contributed by atoms with Crippen molar-refractivity contribution < 1.29 is 27.8 Å². The number of oxazole rings is 1. The number of aromatic nitrogens is 1. The first-order valence-corrected chi connectivity index (χ1v) is 10.4.